The molecule has 0 saturated carbocycles. The summed E-state index contributed by atoms with van der Waals surface area (Å²) in [7, 11) is 1.81. The van der Waals surface area contributed by atoms with Gasteiger partial charge in [0.15, 0.2) is 0 Å². The van der Waals surface area contributed by atoms with Crippen molar-refractivity contribution in [1.82, 2.24) is 15.1 Å². The van der Waals surface area contributed by atoms with Gasteiger partial charge in [-0.25, -0.2) is 8.78 Å². The van der Waals surface area contributed by atoms with Crippen molar-refractivity contribution in [3.05, 3.63) is 52.9 Å². The predicted octanol–water partition coefficient (Wildman–Crippen LogP) is 3.10. The minimum absolute atomic E-state index is 0.332. The van der Waals surface area contributed by atoms with Crippen LogP contribution in [-0.2, 0) is 7.05 Å². The third kappa shape index (κ3) is 2.88. The zero-order chi connectivity index (χ0) is 14.7. The quantitative estimate of drug-likeness (QED) is 0.911. The van der Waals surface area contributed by atoms with E-state index in [1.807, 2.05) is 20.0 Å². The van der Waals surface area contributed by atoms with Crippen molar-refractivity contribution in [2.24, 2.45) is 7.05 Å². The maximum absolute atomic E-state index is 14.1. The first kappa shape index (κ1) is 14.7. The normalized spacial score (nSPS) is 12.7. The van der Waals surface area contributed by atoms with Crippen molar-refractivity contribution >= 4 is 0 Å². The van der Waals surface area contributed by atoms with E-state index in [4.69, 9.17) is 0 Å². The minimum atomic E-state index is -0.539. The molecule has 1 aromatic carbocycles. The molecule has 0 aliphatic carbocycles. The third-order valence-corrected chi connectivity index (χ3v) is 3.34. The van der Waals surface area contributed by atoms with Crippen molar-refractivity contribution in [2.75, 3.05) is 6.54 Å². The van der Waals surface area contributed by atoms with Crippen LogP contribution in [0.15, 0.2) is 24.4 Å². The van der Waals surface area contributed by atoms with Gasteiger partial charge in [0, 0.05) is 24.9 Å². The Balaban J connectivity index is 2.46. The van der Waals surface area contributed by atoms with Crippen molar-refractivity contribution in [3.63, 3.8) is 0 Å². The highest BCUT2D eigenvalue weighted by Crippen LogP contribution is 2.26. The maximum atomic E-state index is 14.1. The van der Waals surface area contributed by atoms with Crippen LogP contribution in [0.2, 0.25) is 0 Å². The molecular formula is C15H19F2N3. The van der Waals surface area contributed by atoms with E-state index in [1.165, 1.54) is 0 Å². The molecule has 1 heterocycles. The van der Waals surface area contributed by atoms with Crippen LogP contribution in [0.25, 0.3) is 0 Å². The minimum Gasteiger partial charge on any atom is -0.305 e. The molecule has 0 bridgehead atoms. The monoisotopic (exact) mass is 279 g/mol. The first-order chi connectivity index (χ1) is 9.54. The molecule has 0 radical (unpaired) electrons. The molecule has 1 aromatic heterocycles. The zero-order valence-electron chi connectivity index (χ0n) is 12.0. The Morgan fingerprint density at radius 2 is 2.05 bits per heavy atom. The van der Waals surface area contributed by atoms with Crippen LogP contribution < -0.4 is 5.32 Å². The molecule has 2 rings (SSSR count). The Morgan fingerprint density at radius 1 is 1.30 bits per heavy atom. The molecule has 1 N–H and O–H groups in total. The van der Waals surface area contributed by atoms with Crippen LogP contribution in [0.5, 0.6) is 0 Å². The van der Waals surface area contributed by atoms with Gasteiger partial charge in [0.25, 0.3) is 0 Å². The van der Waals surface area contributed by atoms with Gasteiger partial charge in [-0.1, -0.05) is 6.92 Å². The van der Waals surface area contributed by atoms with Gasteiger partial charge in [-0.3, -0.25) is 4.68 Å². The van der Waals surface area contributed by atoms with E-state index in [1.54, 1.807) is 23.9 Å². The van der Waals surface area contributed by atoms with E-state index in [2.05, 4.69) is 10.4 Å². The van der Waals surface area contributed by atoms with Gasteiger partial charge in [-0.2, -0.15) is 5.10 Å². The lowest BCUT2D eigenvalue weighted by Gasteiger charge is -2.20. The Morgan fingerprint density at radius 3 is 2.65 bits per heavy atom. The molecule has 2 aromatic rings. The number of hydrogen-bond acceptors (Lipinski definition) is 2. The summed E-state index contributed by atoms with van der Waals surface area (Å²) in [5, 5.41) is 7.41. The summed E-state index contributed by atoms with van der Waals surface area (Å²) < 4.78 is 29.2. The second-order valence-electron chi connectivity index (χ2n) is 4.89. The summed E-state index contributed by atoms with van der Waals surface area (Å²) in [6.45, 7) is 4.42. The van der Waals surface area contributed by atoms with Crippen LogP contribution in [0.4, 0.5) is 8.78 Å². The van der Waals surface area contributed by atoms with Gasteiger partial charge in [0.2, 0.25) is 0 Å². The molecule has 3 nitrogen and oxygen atoms in total. The van der Waals surface area contributed by atoms with Crippen LogP contribution in [0, 0.1) is 18.6 Å². The number of hydrogen-bond donors (Lipinski definition) is 1. The summed E-state index contributed by atoms with van der Waals surface area (Å²) >= 11 is 0. The van der Waals surface area contributed by atoms with Gasteiger partial charge in [0.1, 0.15) is 11.6 Å². The van der Waals surface area contributed by atoms with Crippen molar-refractivity contribution in [2.45, 2.75) is 26.3 Å². The SMILES string of the molecule is CCCNC(c1cc(C)c(F)cc1F)c1ccnn1C. The molecular weight excluding hydrogens is 260 g/mol. The smallest absolute Gasteiger partial charge is 0.131 e. The molecule has 0 amide bonds. The Kier molecular flexibility index (Phi) is 4.49. The Hall–Kier alpha value is -1.75. The van der Waals surface area contributed by atoms with Crippen LogP contribution >= 0.6 is 0 Å². The topological polar surface area (TPSA) is 29.9 Å². The Labute approximate surface area is 117 Å². The van der Waals surface area contributed by atoms with E-state index in [0.29, 0.717) is 11.1 Å². The van der Waals surface area contributed by atoms with Crippen molar-refractivity contribution in [3.8, 4) is 0 Å². The second kappa shape index (κ2) is 6.13. The van der Waals surface area contributed by atoms with E-state index >= 15 is 0 Å². The number of aryl methyl sites for hydroxylation is 2. The molecule has 0 spiro atoms. The fraction of sp³-hybridized carbons (Fsp3) is 0.400. The Bertz CT molecular complexity index is 593. The zero-order valence-corrected chi connectivity index (χ0v) is 12.0. The van der Waals surface area contributed by atoms with Gasteiger partial charge >= 0.3 is 0 Å². The highest BCUT2D eigenvalue weighted by molar-refractivity contribution is 5.33. The van der Waals surface area contributed by atoms with Gasteiger partial charge in [0.05, 0.1) is 11.7 Å². The first-order valence-electron chi connectivity index (χ1n) is 6.71. The fourth-order valence-electron chi connectivity index (χ4n) is 2.23. The van der Waals surface area contributed by atoms with Crippen LogP contribution in [0.1, 0.15) is 36.2 Å². The highest BCUT2D eigenvalue weighted by Gasteiger charge is 2.21. The lowest BCUT2D eigenvalue weighted by Crippen LogP contribution is -2.26. The molecule has 20 heavy (non-hydrogen) atoms. The standard InChI is InChI=1S/C15H19F2N3/c1-4-6-18-15(14-5-7-19-20(14)3)11-8-10(2)12(16)9-13(11)17/h5,7-9,15,18H,4,6H2,1-3H3. The first-order valence-corrected chi connectivity index (χ1v) is 6.71. The highest BCUT2D eigenvalue weighted by atomic mass is 19.1. The summed E-state index contributed by atoms with van der Waals surface area (Å²) in [6, 6.07) is 4.01. The number of nitrogens with one attached hydrogen (secondary N) is 1. The van der Waals surface area contributed by atoms with Gasteiger partial charge in [-0.05, 0) is 37.6 Å². The molecule has 0 aliphatic heterocycles. The van der Waals surface area contributed by atoms with Crippen LogP contribution in [0.3, 0.4) is 0 Å². The molecule has 0 aliphatic rings. The summed E-state index contributed by atoms with van der Waals surface area (Å²) in [4.78, 5) is 0. The summed E-state index contributed by atoms with van der Waals surface area (Å²) in [6.07, 6.45) is 2.60. The molecule has 1 unspecified atom stereocenters. The summed E-state index contributed by atoms with van der Waals surface area (Å²) in [5.74, 6) is -1.06. The maximum Gasteiger partial charge on any atom is 0.131 e. The van der Waals surface area contributed by atoms with Gasteiger partial charge < -0.3 is 5.32 Å². The largest absolute Gasteiger partial charge is 0.305 e. The predicted molar refractivity (Wildman–Crippen MR) is 74.4 cm³/mol. The lowest BCUT2D eigenvalue weighted by molar-refractivity contribution is 0.510. The average molecular weight is 279 g/mol. The number of rotatable bonds is 5. The molecule has 108 valence electrons. The van der Waals surface area contributed by atoms with Crippen LogP contribution in [-0.4, -0.2) is 16.3 Å². The van der Waals surface area contributed by atoms with E-state index in [0.717, 1.165) is 24.7 Å². The van der Waals surface area contributed by atoms with Gasteiger partial charge in [-0.15, -0.1) is 0 Å². The molecule has 1 atom stereocenters. The van der Waals surface area contributed by atoms with E-state index in [-0.39, 0.29) is 6.04 Å². The molecule has 0 fully saturated rings. The van der Waals surface area contributed by atoms with E-state index < -0.39 is 11.6 Å². The average Bonchev–Trinajstić information content (AvgIpc) is 2.82. The molecule has 5 heteroatoms. The third-order valence-electron chi connectivity index (χ3n) is 3.34. The molecule has 0 saturated heterocycles. The lowest BCUT2D eigenvalue weighted by atomic mass is 10.00. The second-order valence-corrected chi connectivity index (χ2v) is 4.89. The van der Waals surface area contributed by atoms with Crippen molar-refractivity contribution < 1.29 is 8.78 Å². The summed E-state index contributed by atoms with van der Waals surface area (Å²) in [5.41, 5.74) is 1.73. The number of halogens is 2. The fourth-order valence-corrected chi connectivity index (χ4v) is 2.23. The number of aromatic nitrogens is 2. The van der Waals surface area contributed by atoms with Crippen molar-refractivity contribution in [1.29, 1.82) is 0 Å². The van der Waals surface area contributed by atoms with E-state index in [9.17, 15) is 8.78 Å². The number of benzene rings is 1. The number of nitrogens with zero attached hydrogens (tertiary/aromatic N) is 2.